The lowest BCUT2D eigenvalue weighted by atomic mass is 10.1. The Morgan fingerprint density at radius 2 is 1.87 bits per heavy atom. The van der Waals surface area contributed by atoms with Gasteiger partial charge in [0.25, 0.3) is 0 Å². The normalized spacial score (nSPS) is 14.0. The van der Waals surface area contributed by atoms with Gasteiger partial charge in [0.15, 0.2) is 6.10 Å². The first-order valence-corrected chi connectivity index (χ1v) is 4.78. The Kier molecular flexibility index (Phi) is 3.72. The number of alkyl halides is 3. The fourth-order valence-electron chi connectivity index (χ4n) is 1.07. The van der Waals surface area contributed by atoms with Crippen molar-refractivity contribution in [3.05, 3.63) is 34.1 Å². The van der Waals surface area contributed by atoms with Crippen LogP contribution < -0.4 is 0 Å². The SMILES string of the molecule is O[C@H](Cc1cc(F)cc(Br)c1)C(F)(F)F. The van der Waals surface area contributed by atoms with Crippen LogP contribution in [0.1, 0.15) is 5.56 Å². The third-order valence-corrected chi connectivity index (χ3v) is 2.19. The second-order valence-electron chi connectivity index (χ2n) is 3.04. The van der Waals surface area contributed by atoms with Crippen LogP contribution in [0.4, 0.5) is 17.6 Å². The van der Waals surface area contributed by atoms with Crippen molar-refractivity contribution in [3.63, 3.8) is 0 Å². The Hall–Kier alpha value is -0.620. The summed E-state index contributed by atoms with van der Waals surface area (Å²) in [7, 11) is 0. The third kappa shape index (κ3) is 3.79. The summed E-state index contributed by atoms with van der Waals surface area (Å²) < 4.78 is 49.1. The highest BCUT2D eigenvalue weighted by molar-refractivity contribution is 9.10. The molecule has 0 fully saturated rings. The molecule has 6 heteroatoms. The average molecular weight is 287 g/mol. The van der Waals surface area contributed by atoms with Gasteiger partial charge in [-0.2, -0.15) is 13.2 Å². The van der Waals surface area contributed by atoms with Gasteiger partial charge in [0.1, 0.15) is 5.82 Å². The largest absolute Gasteiger partial charge is 0.414 e. The highest BCUT2D eigenvalue weighted by Crippen LogP contribution is 2.24. The van der Waals surface area contributed by atoms with Crippen molar-refractivity contribution in [1.29, 1.82) is 0 Å². The Morgan fingerprint density at radius 3 is 2.33 bits per heavy atom. The van der Waals surface area contributed by atoms with Crippen LogP contribution in [0, 0.1) is 5.82 Å². The molecule has 0 unspecified atom stereocenters. The van der Waals surface area contributed by atoms with Crippen LogP contribution in [0.25, 0.3) is 0 Å². The molecular formula is C9H7BrF4O. The van der Waals surface area contributed by atoms with E-state index in [0.717, 1.165) is 12.1 Å². The van der Waals surface area contributed by atoms with E-state index in [1.165, 1.54) is 6.07 Å². The first-order chi connectivity index (χ1) is 6.79. The van der Waals surface area contributed by atoms with Crippen LogP contribution in [0.5, 0.6) is 0 Å². The lowest BCUT2D eigenvalue weighted by Crippen LogP contribution is -2.30. The number of benzene rings is 1. The molecule has 0 aromatic heterocycles. The molecule has 0 aliphatic carbocycles. The van der Waals surface area contributed by atoms with Crippen LogP contribution in [-0.4, -0.2) is 17.4 Å². The summed E-state index contributed by atoms with van der Waals surface area (Å²) in [5, 5.41) is 8.76. The predicted octanol–water partition coefficient (Wildman–Crippen LogP) is 3.05. The topological polar surface area (TPSA) is 20.2 Å². The van der Waals surface area contributed by atoms with E-state index < -0.39 is 24.5 Å². The molecule has 1 atom stereocenters. The number of rotatable bonds is 2. The maximum absolute atomic E-state index is 12.8. The summed E-state index contributed by atoms with van der Waals surface area (Å²) in [5.41, 5.74) is 0.0895. The molecule has 0 heterocycles. The lowest BCUT2D eigenvalue weighted by Gasteiger charge is -2.14. The fraction of sp³-hybridized carbons (Fsp3) is 0.333. The lowest BCUT2D eigenvalue weighted by molar-refractivity contribution is -0.203. The summed E-state index contributed by atoms with van der Waals surface area (Å²) in [4.78, 5) is 0. The molecule has 0 aliphatic heterocycles. The number of aliphatic hydroxyl groups is 1. The molecule has 0 saturated heterocycles. The van der Waals surface area contributed by atoms with Gasteiger partial charge in [-0.1, -0.05) is 15.9 Å². The standard InChI is InChI=1S/C9H7BrF4O/c10-6-1-5(2-7(11)4-6)3-8(15)9(12,13)14/h1-2,4,8,15H,3H2/t8-/m1/s1. The Labute approximate surface area is 91.9 Å². The summed E-state index contributed by atoms with van der Waals surface area (Å²) in [5.74, 6) is -0.645. The summed E-state index contributed by atoms with van der Waals surface area (Å²) in [6.07, 6.45) is -7.80. The van der Waals surface area contributed by atoms with Crippen LogP contribution >= 0.6 is 15.9 Å². The third-order valence-electron chi connectivity index (χ3n) is 1.73. The van der Waals surface area contributed by atoms with Crippen molar-refractivity contribution in [2.75, 3.05) is 0 Å². The molecule has 15 heavy (non-hydrogen) atoms. The van der Waals surface area contributed by atoms with Gasteiger partial charge in [-0.15, -0.1) is 0 Å². The Bertz CT molecular complexity index is 330. The van der Waals surface area contributed by atoms with E-state index >= 15 is 0 Å². The molecule has 84 valence electrons. The zero-order chi connectivity index (χ0) is 11.6. The second kappa shape index (κ2) is 4.49. The van der Waals surface area contributed by atoms with E-state index in [4.69, 9.17) is 5.11 Å². The highest BCUT2D eigenvalue weighted by atomic mass is 79.9. The van der Waals surface area contributed by atoms with Crippen molar-refractivity contribution >= 4 is 15.9 Å². The van der Waals surface area contributed by atoms with Gasteiger partial charge in [-0.05, 0) is 23.8 Å². The molecule has 0 aliphatic rings. The van der Waals surface area contributed by atoms with E-state index in [1.54, 1.807) is 0 Å². The highest BCUT2D eigenvalue weighted by Gasteiger charge is 2.38. The van der Waals surface area contributed by atoms with Gasteiger partial charge in [0.2, 0.25) is 0 Å². The van der Waals surface area contributed by atoms with E-state index in [2.05, 4.69) is 15.9 Å². The number of hydrogen-bond acceptors (Lipinski definition) is 1. The molecular weight excluding hydrogens is 280 g/mol. The molecule has 0 saturated carbocycles. The molecule has 0 spiro atoms. The first-order valence-electron chi connectivity index (χ1n) is 3.99. The molecule has 1 rings (SSSR count). The molecule has 0 bridgehead atoms. The van der Waals surface area contributed by atoms with E-state index in [-0.39, 0.29) is 5.56 Å². The molecule has 1 aromatic carbocycles. The first kappa shape index (κ1) is 12.4. The van der Waals surface area contributed by atoms with Crippen LogP contribution in [0.3, 0.4) is 0 Å². The Morgan fingerprint density at radius 1 is 1.27 bits per heavy atom. The minimum atomic E-state index is -4.68. The smallest absolute Gasteiger partial charge is 0.383 e. The van der Waals surface area contributed by atoms with Crippen molar-refractivity contribution in [3.8, 4) is 0 Å². The minimum Gasteiger partial charge on any atom is -0.383 e. The summed E-state index contributed by atoms with van der Waals surface area (Å²) in [6, 6.07) is 3.42. The second-order valence-corrected chi connectivity index (χ2v) is 3.95. The molecule has 0 amide bonds. The maximum Gasteiger partial charge on any atom is 0.414 e. The van der Waals surface area contributed by atoms with Crippen LogP contribution in [-0.2, 0) is 6.42 Å². The molecule has 0 radical (unpaired) electrons. The zero-order valence-electron chi connectivity index (χ0n) is 7.35. The van der Waals surface area contributed by atoms with E-state index in [0.29, 0.717) is 4.47 Å². The maximum atomic E-state index is 12.8. The van der Waals surface area contributed by atoms with Gasteiger partial charge in [-0.3, -0.25) is 0 Å². The van der Waals surface area contributed by atoms with Crippen molar-refractivity contribution in [1.82, 2.24) is 0 Å². The fourth-order valence-corrected chi connectivity index (χ4v) is 1.58. The van der Waals surface area contributed by atoms with E-state index in [9.17, 15) is 17.6 Å². The van der Waals surface area contributed by atoms with Crippen molar-refractivity contribution in [2.45, 2.75) is 18.7 Å². The summed E-state index contributed by atoms with van der Waals surface area (Å²) >= 11 is 2.95. The quantitative estimate of drug-likeness (QED) is 0.829. The predicted molar refractivity (Wildman–Crippen MR) is 49.9 cm³/mol. The van der Waals surface area contributed by atoms with Crippen molar-refractivity contribution < 1.29 is 22.7 Å². The molecule has 1 aromatic rings. The number of hydrogen-bond donors (Lipinski definition) is 1. The van der Waals surface area contributed by atoms with Gasteiger partial charge in [0, 0.05) is 10.9 Å². The van der Waals surface area contributed by atoms with Gasteiger partial charge < -0.3 is 5.11 Å². The molecule has 1 nitrogen and oxygen atoms in total. The number of aliphatic hydroxyl groups excluding tert-OH is 1. The van der Waals surface area contributed by atoms with Gasteiger partial charge >= 0.3 is 6.18 Å². The zero-order valence-corrected chi connectivity index (χ0v) is 8.94. The van der Waals surface area contributed by atoms with Crippen LogP contribution in [0.15, 0.2) is 22.7 Å². The van der Waals surface area contributed by atoms with Crippen molar-refractivity contribution in [2.24, 2.45) is 0 Å². The summed E-state index contributed by atoms with van der Waals surface area (Å²) in [6.45, 7) is 0. The average Bonchev–Trinajstić information content (AvgIpc) is 1.99. The van der Waals surface area contributed by atoms with Gasteiger partial charge in [-0.25, -0.2) is 4.39 Å². The van der Waals surface area contributed by atoms with Crippen LogP contribution in [0.2, 0.25) is 0 Å². The monoisotopic (exact) mass is 286 g/mol. The number of halogens is 5. The van der Waals surface area contributed by atoms with Gasteiger partial charge in [0.05, 0.1) is 0 Å². The molecule has 1 N–H and O–H groups in total. The minimum absolute atomic E-state index is 0.0895. The Balaban J connectivity index is 2.81. The van der Waals surface area contributed by atoms with E-state index in [1.807, 2.05) is 0 Å².